The molecule has 192 valence electrons. The maximum Gasteiger partial charge on any atom is 0.187 e. The molecule has 0 spiro atoms. The van der Waals surface area contributed by atoms with Gasteiger partial charge in [0.15, 0.2) is 17.9 Å². The number of hydrogen-bond acceptors (Lipinski definition) is 8. The Labute approximate surface area is 201 Å². The second-order valence-electron chi connectivity index (χ2n) is 8.73. The van der Waals surface area contributed by atoms with Crippen LogP contribution < -0.4 is 5.48 Å². The van der Waals surface area contributed by atoms with Gasteiger partial charge < -0.3 is 18.9 Å². The minimum absolute atomic E-state index is 0.165. The number of nitrogens with one attached hydrogen (secondary N) is 1. The topological polar surface area (TPSA) is 88.4 Å². The highest BCUT2D eigenvalue weighted by Gasteiger charge is 2.58. The van der Waals surface area contributed by atoms with Crippen molar-refractivity contribution in [2.75, 3.05) is 32.4 Å². The van der Waals surface area contributed by atoms with Crippen LogP contribution in [0.2, 0.25) is 0 Å². The fourth-order valence-electron chi connectivity index (χ4n) is 4.17. The smallest absolute Gasteiger partial charge is 0.187 e. The van der Waals surface area contributed by atoms with E-state index in [9.17, 15) is 0 Å². The summed E-state index contributed by atoms with van der Waals surface area (Å²) in [5, 5.41) is 4.31. The molecule has 3 heterocycles. The van der Waals surface area contributed by atoms with Crippen molar-refractivity contribution in [2.45, 2.75) is 90.3 Å². The fraction of sp³-hybridized carbons (Fsp3) is 0.750. The predicted octanol–water partition coefficient (Wildman–Crippen LogP) is 4.82. The molecule has 1 saturated heterocycles. The highest BCUT2D eigenvalue weighted by Crippen LogP contribution is 2.47. The van der Waals surface area contributed by atoms with E-state index in [1.165, 1.54) is 24.0 Å². The van der Waals surface area contributed by atoms with E-state index in [-0.39, 0.29) is 11.3 Å². The molecule has 4 atom stereocenters. The van der Waals surface area contributed by atoms with Crippen molar-refractivity contribution >= 4 is 11.3 Å². The summed E-state index contributed by atoms with van der Waals surface area (Å²) in [6.45, 7) is 9.92. The second kappa shape index (κ2) is 12.7. The summed E-state index contributed by atoms with van der Waals surface area (Å²) >= 11 is 0. The number of unbranched alkanes of at least 4 members (excludes halogenated alkanes) is 3. The van der Waals surface area contributed by atoms with Crippen molar-refractivity contribution in [3.63, 3.8) is 0 Å². The summed E-state index contributed by atoms with van der Waals surface area (Å²) in [6, 6.07) is 1.41. The van der Waals surface area contributed by atoms with Gasteiger partial charge in [0.2, 0.25) is 0 Å². The lowest BCUT2D eigenvalue weighted by molar-refractivity contribution is -0.184. The quantitative estimate of drug-likeness (QED) is 0.286. The van der Waals surface area contributed by atoms with Crippen LogP contribution in [0.25, 0.3) is 5.52 Å². The van der Waals surface area contributed by atoms with Crippen molar-refractivity contribution in [3.8, 4) is 0 Å². The number of aromatic nitrogens is 3. The van der Waals surface area contributed by atoms with Crippen LogP contribution in [0.4, 0.5) is 10.2 Å². The molecule has 34 heavy (non-hydrogen) atoms. The normalized spacial score (nSPS) is 24.8. The number of anilines is 1. The monoisotopic (exact) mass is 482 g/mol. The van der Waals surface area contributed by atoms with E-state index in [0.717, 1.165) is 38.5 Å². The molecule has 2 aromatic rings. The molecule has 0 aromatic carbocycles. The summed E-state index contributed by atoms with van der Waals surface area (Å²) in [7, 11) is 1.44. The van der Waals surface area contributed by atoms with Crippen LogP contribution >= 0.6 is 0 Å². The zero-order valence-electron chi connectivity index (χ0n) is 21.0. The predicted molar refractivity (Wildman–Crippen MR) is 126 cm³/mol. The number of rotatable bonds is 15. The van der Waals surface area contributed by atoms with Crippen molar-refractivity contribution in [3.05, 3.63) is 23.9 Å². The van der Waals surface area contributed by atoms with Crippen molar-refractivity contribution in [1.82, 2.24) is 14.6 Å². The molecular weight excluding hydrogens is 443 g/mol. The molecule has 0 saturated carbocycles. The third-order valence-corrected chi connectivity index (χ3v) is 6.09. The van der Waals surface area contributed by atoms with Gasteiger partial charge in [0.1, 0.15) is 29.7 Å². The van der Waals surface area contributed by atoms with Gasteiger partial charge in [-0.15, -0.1) is 0 Å². The Morgan fingerprint density at radius 2 is 1.76 bits per heavy atom. The van der Waals surface area contributed by atoms with Gasteiger partial charge in [-0.2, -0.15) is 5.10 Å². The van der Waals surface area contributed by atoms with Gasteiger partial charge in [-0.1, -0.05) is 40.0 Å². The van der Waals surface area contributed by atoms with E-state index < -0.39 is 29.9 Å². The van der Waals surface area contributed by atoms with E-state index in [0.29, 0.717) is 25.5 Å². The SMILES string of the molecule is CCCCOC1O[C@@H](c2cc(F)c3c(NOC)ncnn23)[C@](C)(OCCCC)[C@@H]1OCCCC. The number of hydrogen-bond donors (Lipinski definition) is 1. The Morgan fingerprint density at radius 1 is 1.09 bits per heavy atom. The van der Waals surface area contributed by atoms with Crippen molar-refractivity contribution in [2.24, 2.45) is 0 Å². The number of ether oxygens (including phenoxy) is 4. The van der Waals surface area contributed by atoms with Gasteiger partial charge in [0, 0.05) is 25.9 Å². The highest BCUT2D eigenvalue weighted by molar-refractivity contribution is 5.68. The molecule has 9 nitrogen and oxygen atoms in total. The lowest BCUT2D eigenvalue weighted by atomic mass is 9.92. The zero-order chi connectivity index (χ0) is 24.6. The molecule has 0 bridgehead atoms. The van der Waals surface area contributed by atoms with E-state index in [4.69, 9.17) is 23.8 Å². The van der Waals surface area contributed by atoms with Crippen LogP contribution in [0.1, 0.15) is 78.0 Å². The minimum Gasteiger partial charge on any atom is -0.370 e. The van der Waals surface area contributed by atoms with Crippen LogP contribution in [0.15, 0.2) is 12.4 Å². The molecule has 1 aliphatic heterocycles. The summed E-state index contributed by atoms with van der Waals surface area (Å²) in [4.78, 5) is 9.05. The maximum atomic E-state index is 15.1. The van der Waals surface area contributed by atoms with Crippen molar-refractivity contribution < 1.29 is 28.2 Å². The lowest BCUT2D eigenvalue weighted by Crippen LogP contribution is -2.47. The van der Waals surface area contributed by atoms with Gasteiger partial charge in [-0.3, -0.25) is 4.84 Å². The van der Waals surface area contributed by atoms with E-state index >= 15 is 4.39 Å². The van der Waals surface area contributed by atoms with Crippen molar-refractivity contribution in [1.29, 1.82) is 0 Å². The molecule has 10 heteroatoms. The number of nitrogens with zero attached hydrogens (tertiary/aromatic N) is 3. The number of halogens is 1. The Hall–Kier alpha value is -1.85. The fourth-order valence-corrected chi connectivity index (χ4v) is 4.17. The summed E-state index contributed by atoms with van der Waals surface area (Å²) in [5.41, 5.74) is 2.36. The summed E-state index contributed by atoms with van der Waals surface area (Å²) in [5.74, 6) is -0.271. The van der Waals surface area contributed by atoms with Crippen LogP contribution in [-0.2, 0) is 23.8 Å². The Morgan fingerprint density at radius 3 is 2.44 bits per heavy atom. The lowest BCUT2D eigenvalue weighted by Gasteiger charge is -2.35. The molecule has 1 aliphatic rings. The van der Waals surface area contributed by atoms with E-state index in [1.807, 2.05) is 6.92 Å². The second-order valence-corrected chi connectivity index (χ2v) is 8.73. The number of fused-ring (bicyclic) bond motifs is 1. The van der Waals surface area contributed by atoms with Gasteiger partial charge >= 0.3 is 0 Å². The molecule has 0 radical (unpaired) electrons. The summed E-state index contributed by atoms with van der Waals surface area (Å²) in [6.07, 6.45) is 5.24. The first-order valence-corrected chi connectivity index (χ1v) is 12.3. The van der Waals surface area contributed by atoms with Crippen LogP contribution in [-0.4, -0.2) is 59.5 Å². The largest absolute Gasteiger partial charge is 0.370 e. The first kappa shape index (κ1) is 26.7. The Bertz CT molecular complexity index is 898. The minimum atomic E-state index is -0.916. The molecular formula is C24H39FN4O5. The highest BCUT2D eigenvalue weighted by atomic mass is 19.1. The molecule has 1 unspecified atom stereocenters. The van der Waals surface area contributed by atoms with Gasteiger partial charge in [-0.05, 0) is 26.2 Å². The third-order valence-electron chi connectivity index (χ3n) is 6.09. The summed E-state index contributed by atoms with van der Waals surface area (Å²) < 4.78 is 42.0. The maximum absolute atomic E-state index is 15.1. The molecule has 0 amide bonds. The van der Waals surface area contributed by atoms with Gasteiger partial charge in [0.25, 0.3) is 0 Å². The molecule has 0 aliphatic carbocycles. The first-order chi connectivity index (χ1) is 16.5. The van der Waals surface area contributed by atoms with Crippen LogP contribution in [0, 0.1) is 5.82 Å². The van der Waals surface area contributed by atoms with Gasteiger partial charge in [0.05, 0.1) is 12.8 Å². The molecule has 3 rings (SSSR count). The van der Waals surface area contributed by atoms with E-state index in [2.05, 4.69) is 36.3 Å². The third kappa shape index (κ3) is 5.68. The van der Waals surface area contributed by atoms with E-state index in [1.54, 1.807) is 0 Å². The Kier molecular flexibility index (Phi) is 10.0. The standard InChI is InChI=1S/C24H39FN4O5/c1-6-9-12-31-21-23(32-13-10-7-2)34-20(24(21,4)33-14-11-8-3)18-15-17(25)19-22(28-30-5)26-16-27-29(18)19/h15-16,20-21,23H,6-14H2,1-5H3,(H,26,27,28)/t20-,21+,23?,24-/m0/s1. The molecule has 2 aromatic heterocycles. The average molecular weight is 483 g/mol. The van der Waals surface area contributed by atoms with Crippen LogP contribution in [0.3, 0.4) is 0 Å². The first-order valence-electron chi connectivity index (χ1n) is 12.3. The molecule has 1 N–H and O–H groups in total. The Balaban J connectivity index is 2.03. The zero-order valence-corrected chi connectivity index (χ0v) is 21.0. The van der Waals surface area contributed by atoms with Crippen LogP contribution in [0.5, 0.6) is 0 Å². The van der Waals surface area contributed by atoms with Gasteiger partial charge in [-0.25, -0.2) is 19.4 Å². The molecule has 1 fully saturated rings. The average Bonchev–Trinajstić information content (AvgIpc) is 3.29.